The summed E-state index contributed by atoms with van der Waals surface area (Å²) in [5.74, 6) is -0.828. The van der Waals surface area contributed by atoms with E-state index in [-0.39, 0.29) is 28.9 Å². The Morgan fingerprint density at radius 3 is 2.51 bits per heavy atom. The summed E-state index contributed by atoms with van der Waals surface area (Å²) >= 11 is 5.64. The van der Waals surface area contributed by atoms with Gasteiger partial charge in [0.1, 0.15) is 6.29 Å². The normalized spacial score (nSPS) is 22.1. The van der Waals surface area contributed by atoms with Crippen molar-refractivity contribution in [2.75, 3.05) is 24.3 Å². The highest BCUT2D eigenvalue weighted by atomic mass is 35.5. The van der Waals surface area contributed by atoms with Crippen LogP contribution in [0, 0.1) is 11.8 Å². The number of halogens is 1. The standard InChI is InChI=1S/C19H19N2O4P.C7H8ClN/c22-10-12-8-19(11-25-19)9-14(12)18(24)20-15-5-4-13(7-16(15)26)21-6-2-1-3-17(21)23;1-9-7-4-2-6(8)3-5-7/h1-7,10,12,14H,8-9,11,26H2,(H,20,24);2-5,9H,1H3/t12?,14-,19?;/m0./s1. The van der Waals surface area contributed by atoms with Crippen LogP contribution < -0.4 is 21.5 Å². The minimum absolute atomic E-state index is 0.122. The molecular weight excluding hydrogens is 485 g/mol. The minimum Gasteiger partial charge on any atom is -0.388 e. The van der Waals surface area contributed by atoms with E-state index in [0.717, 1.165) is 28.0 Å². The van der Waals surface area contributed by atoms with E-state index in [0.29, 0.717) is 25.1 Å². The Morgan fingerprint density at radius 2 is 1.91 bits per heavy atom. The number of rotatable bonds is 5. The number of epoxide rings is 1. The molecule has 4 atom stereocenters. The third kappa shape index (κ3) is 5.99. The van der Waals surface area contributed by atoms with E-state index in [1.54, 1.807) is 30.5 Å². The fourth-order valence-corrected chi connectivity index (χ4v) is 4.74. The second-order valence-corrected chi connectivity index (χ2v) is 9.77. The van der Waals surface area contributed by atoms with Gasteiger partial charge in [0.25, 0.3) is 5.56 Å². The average Bonchev–Trinajstić information content (AvgIpc) is 3.51. The van der Waals surface area contributed by atoms with Crippen LogP contribution in [-0.4, -0.2) is 36.0 Å². The van der Waals surface area contributed by atoms with E-state index in [4.69, 9.17) is 16.3 Å². The van der Waals surface area contributed by atoms with Gasteiger partial charge in [-0.05, 0) is 66.7 Å². The molecular formula is C26H27ClN3O4P. The van der Waals surface area contributed by atoms with Crippen molar-refractivity contribution < 1.29 is 14.3 Å². The lowest BCUT2D eigenvalue weighted by Gasteiger charge is -2.16. The zero-order valence-electron chi connectivity index (χ0n) is 19.2. The van der Waals surface area contributed by atoms with Gasteiger partial charge >= 0.3 is 0 Å². The second kappa shape index (κ2) is 10.7. The fourth-order valence-electron chi connectivity index (χ4n) is 4.27. The smallest absolute Gasteiger partial charge is 0.255 e. The first-order valence-corrected chi connectivity index (χ1v) is 12.2. The van der Waals surface area contributed by atoms with Crippen LogP contribution in [-0.2, 0) is 14.3 Å². The summed E-state index contributed by atoms with van der Waals surface area (Å²) in [4.78, 5) is 35.9. The number of pyridine rings is 1. The van der Waals surface area contributed by atoms with Crippen LogP contribution >= 0.6 is 20.8 Å². The van der Waals surface area contributed by atoms with E-state index < -0.39 is 0 Å². The summed E-state index contributed by atoms with van der Waals surface area (Å²) in [7, 11) is 4.46. The average molecular weight is 512 g/mol. The molecule has 1 aliphatic carbocycles. The molecule has 35 heavy (non-hydrogen) atoms. The largest absolute Gasteiger partial charge is 0.388 e. The van der Waals surface area contributed by atoms with E-state index in [1.165, 1.54) is 10.6 Å². The molecule has 0 radical (unpaired) electrons. The molecule has 2 aliphatic rings. The number of ether oxygens (including phenoxy) is 1. The number of aromatic nitrogens is 1. The number of hydrogen-bond acceptors (Lipinski definition) is 5. The van der Waals surface area contributed by atoms with Crippen LogP contribution in [0.15, 0.2) is 71.7 Å². The molecule has 9 heteroatoms. The number of nitrogens with one attached hydrogen (secondary N) is 2. The third-order valence-electron chi connectivity index (χ3n) is 6.31. The van der Waals surface area contributed by atoms with Gasteiger partial charge in [-0.1, -0.05) is 17.7 Å². The van der Waals surface area contributed by atoms with E-state index >= 15 is 0 Å². The number of aldehydes is 1. The van der Waals surface area contributed by atoms with Gasteiger partial charge in [0.15, 0.2) is 0 Å². The number of hydrogen-bond donors (Lipinski definition) is 2. The van der Waals surface area contributed by atoms with Crippen molar-refractivity contribution in [2.24, 2.45) is 11.8 Å². The summed E-state index contributed by atoms with van der Waals surface area (Å²) in [5.41, 5.74) is 2.07. The summed E-state index contributed by atoms with van der Waals surface area (Å²) < 4.78 is 6.98. The molecule has 3 unspecified atom stereocenters. The van der Waals surface area contributed by atoms with Gasteiger partial charge in [-0.15, -0.1) is 9.24 Å². The Hall–Kier alpha value is -2.99. The Labute approximate surface area is 211 Å². The zero-order valence-corrected chi connectivity index (χ0v) is 21.2. The van der Waals surface area contributed by atoms with Crippen LogP contribution in [0.4, 0.5) is 11.4 Å². The van der Waals surface area contributed by atoms with Crippen molar-refractivity contribution in [3.8, 4) is 5.69 Å². The molecule has 1 amide bonds. The van der Waals surface area contributed by atoms with Gasteiger partial charge in [-0.25, -0.2) is 0 Å². The lowest BCUT2D eigenvalue weighted by atomic mass is 9.96. The summed E-state index contributed by atoms with van der Waals surface area (Å²) in [6.07, 6.45) is 3.78. The van der Waals surface area contributed by atoms with E-state index in [2.05, 4.69) is 19.9 Å². The van der Waals surface area contributed by atoms with Crippen molar-refractivity contribution in [3.05, 3.63) is 82.2 Å². The predicted octanol–water partition coefficient (Wildman–Crippen LogP) is 3.65. The van der Waals surface area contributed by atoms with Crippen molar-refractivity contribution >= 4 is 49.7 Å². The predicted molar refractivity (Wildman–Crippen MR) is 142 cm³/mol. The maximum absolute atomic E-state index is 12.7. The highest BCUT2D eigenvalue weighted by molar-refractivity contribution is 7.28. The molecule has 2 fully saturated rings. The molecule has 2 heterocycles. The number of anilines is 2. The molecule has 3 aromatic rings. The fraction of sp³-hybridized carbons (Fsp3) is 0.269. The molecule has 2 N–H and O–H groups in total. The van der Waals surface area contributed by atoms with Gasteiger partial charge in [-0.3, -0.25) is 14.2 Å². The minimum atomic E-state index is -0.365. The van der Waals surface area contributed by atoms with Crippen LogP contribution in [0.2, 0.25) is 5.02 Å². The number of carbonyl (C=O) groups is 2. The first-order chi connectivity index (χ1) is 16.8. The maximum Gasteiger partial charge on any atom is 0.255 e. The number of nitrogens with zero attached hydrogens (tertiary/aromatic N) is 1. The van der Waals surface area contributed by atoms with Gasteiger partial charge in [0, 0.05) is 47.3 Å². The molecule has 1 saturated heterocycles. The lowest BCUT2D eigenvalue weighted by molar-refractivity contribution is -0.124. The molecule has 2 aromatic carbocycles. The van der Waals surface area contributed by atoms with Crippen LogP contribution in [0.25, 0.3) is 5.69 Å². The maximum atomic E-state index is 12.7. The van der Waals surface area contributed by atoms with E-state index in [9.17, 15) is 14.4 Å². The van der Waals surface area contributed by atoms with Gasteiger partial charge in [0.2, 0.25) is 5.91 Å². The van der Waals surface area contributed by atoms with Crippen molar-refractivity contribution in [2.45, 2.75) is 18.4 Å². The molecule has 182 valence electrons. The number of carbonyl (C=O) groups excluding carboxylic acids is 2. The molecule has 1 aromatic heterocycles. The Bertz CT molecular complexity index is 1270. The van der Waals surface area contributed by atoms with E-state index in [1.807, 2.05) is 37.4 Å². The number of amides is 1. The van der Waals surface area contributed by atoms with Gasteiger partial charge < -0.3 is 20.2 Å². The van der Waals surface area contributed by atoms with Crippen LogP contribution in [0.3, 0.4) is 0 Å². The van der Waals surface area contributed by atoms with Crippen molar-refractivity contribution in [3.63, 3.8) is 0 Å². The second-order valence-electron chi connectivity index (χ2n) is 8.71. The summed E-state index contributed by atoms with van der Waals surface area (Å²) in [5, 5.41) is 7.45. The Balaban J connectivity index is 0.000000271. The van der Waals surface area contributed by atoms with Crippen molar-refractivity contribution in [1.29, 1.82) is 0 Å². The first kappa shape index (κ1) is 25.1. The molecule has 7 nitrogen and oxygen atoms in total. The van der Waals surface area contributed by atoms with Crippen LogP contribution in [0.1, 0.15) is 12.8 Å². The van der Waals surface area contributed by atoms with Crippen LogP contribution in [0.5, 0.6) is 0 Å². The highest BCUT2D eigenvalue weighted by Gasteiger charge is 2.56. The van der Waals surface area contributed by atoms with Gasteiger partial charge in [0.05, 0.1) is 18.1 Å². The summed E-state index contributed by atoms with van der Waals surface area (Å²) in [6, 6.07) is 17.9. The Morgan fingerprint density at radius 1 is 1.17 bits per heavy atom. The molecule has 1 aliphatic heterocycles. The van der Waals surface area contributed by atoms with Crippen molar-refractivity contribution in [1.82, 2.24) is 4.57 Å². The molecule has 5 rings (SSSR count). The quantitative estimate of drug-likeness (QED) is 0.310. The topological polar surface area (TPSA) is 92.7 Å². The highest BCUT2D eigenvalue weighted by Crippen LogP contribution is 2.49. The monoisotopic (exact) mass is 511 g/mol. The van der Waals surface area contributed by atoms with Gasteiger partial charge in [-0.2, -0.15) is 0 Å². The lowest BCUT2D eigenvalue weighted by Crippen LogP contribution is -2.28. The third-order valence-corrected chi connectivity index (χ3v) is 7.04. The molecule has 1 saturated carbocycles. The summed E-state index contributed by atoms with van der Waals surface area (Å²) in [6.45, 7) is 0.635. The Kier molecular flexibility index (Phi) is 7.70. The first-order valence-electron chi connectivity index (χ1n) is 11.3. The zero-order chi connectivity index (χ0) is 25.0. The molecule has 0 bridgehead atoms. The number of benzene rings is 2. The SMILES string of the molecule is CNc1ccc(Cl)cc1.O=CC1CC2(CO2)C[C@@H]1C(=O)Nc1ccc(-n2ccccc2=O)cc1P. The molecule has 1 spiro atoms.